The quantitative estimate of drug-likeness (QED) is 0.625. The Morgan fingerprint density at radius 2 is 1.82 bits per heavy atom. The highest BCUT2D eigenvalue weighted by atomic mass is 16.5. The molecular formula is C26H25N3O4. The molecule has 0 bridgehead atoms. The average Bonchev–Trinajstić information content (AvgIpc) is 3.06. The molecule has 0 radical (unpaired) electrons. The van der Waals surface area contributed by atoms with Crippen molar-refractivity contribution in [3.8, 4) is 5.75 Å². The van der Waals surface area contributed by atoms with Gasteiger partial charge in [-0.1, -0.05) is 36.4 Å². The number of ether oxygens (including phenoxy) is 1. The van der Waals surface area contributed by atoms with Crippen molar-refractivity contribution in [2.24, 2.45) is 0 Å². The molecule has 0 aromatic heterocycles. The number of urea groups is 1. The van der Waals surface area contributed by atoms with Gasteiger partial charge in [0.05, 0.1) is 7.11 Å². The fraction of sp³-hybridized carbons (Fsp3) is 0.269. The number of fused-ring (bicyclic) bond motifs is 2. The molecule has 1 atom stereocenters. The highest BCUT2D eigenvalue weighted by Crippen LogP contribution is 2.33. The Bertz CT molecular complexity index is 1290. The molecule has 7 nitrogen and oxygen atoms in total. The average molecular weight is 444 g/mol. The van der Waals surface area contributed by atoms with Crippen molar-refractivity contribution in [1.29, 1.82) is 0 Å². The van der Waals surface area contributed by atoms with Crippen LogP contribution < -0.4 is 15.0 Å². The van der Waals surface area contributed by atoms with Gasteiger partial charge in [-0.05, 0) is 65.9 Å². The van der Waals surface area contributed by atoms with Crippen molar-refractivity contribution in [2.45, 2.75) is 25.3 Å². The standard InChI is InChI=1S/C26H25N3O4/c1-26(20-11-9-19-15-21(33-2)12-10-18(19)14-20)24(31)29(25(32)27-26)16-23(30)28-13-5-7-17-6-3-4-8-22(17)28/h3-4,6,8-12,14-15H,5,7,13,16H2,1-2H3,(H,27,32)/t26-/m1/s1. The summed E-state index contributed by atoms with van der Waals surface area (Å²) in [6.07, 6.45) is 1.76. The first-order valence-electron chi connectivity index (χ1n) is 11.0. The largest absolute Gasteiger partial charge is 0.497 e. The zero-order valence-electron chi connectivity index (χ0n) is 18.6. The van der Waals surface area contributed by atoms with E-state index in [1.54, 1.807) is 18.9 Å². The van der Waals surface area contributed by atoms with Crippen LogP contribution in [0.2, 0.25) is 0 Å². The molecule has 2 heterocycles. The number of carbonyl (C=O) groups is 3. The van der Waals surface area contributed by atoms with Crippen molar-refractivity contribution in [3.63, 3.8) is 0 Å². The van der Waals surface area contributed by atoms with Crippen LogP contribution in [-0.2, 0) is 21.5 Å². The van der Waals surface area contributed by atoms with Gasteiger partial charge in [-0.15, -0.1) is 0 Å². The molecule has 2 aliphatic rings. The Balaban J connectivity index is 1.40. The summed E-state index contributed by atoms with van der Waals surface area (Å²) in [6, 6.07) is 18.5. The van der Waals surface area contributed by atoms with Crippen LogP contribution in [-0.4, -0.2) is 42.9 Å². The summed E-state index contributed by atoms with van der Waals surface area (Å²) in [6.45, 7) is 1.96. The smallest absolute Gasteiger partial charge is 0.325 e. The van der Waals surface area contributed by atoms with Gasteiger partial charge in [-0.2, -0.15) is 0 Å². The molecule has 0 spiro atoms. The van der Waals surface area contributed by atoms with E-state index in [9.17, 15) is 14.4 Å². The number of nitrogens with zero attached hydrogens (tertiary/aromatic N) is 2. The normalized spacial score (nSPS) is 20.1. The lowest BCUT2D eigenvalue weighted by Gasteiger charge is -2.30. The minimum absolute atomic E-state index is 0.263. The van der Waals surface area contributed by atoms with Gasteiger partial charge in [0.2, 0.25) is 5.91 Å². The third kappa shape index (κ3) is 3.50. The van der Waals surface area contributed by atoms with Crippen LogP contribution >= 0.6 is 0 Å². The maximum atomic E-state index is 13.4. The van der Waals surface area contributed by atoms with E-state index in [-0.39, 0.29) is 12.5 Å². The SMILES string of the molecule is COc1ccc2cc([C@@]3(C)NC(=O)N(CC(=O)N4CCCc5ccccc54)C3=O)ccc2c1. The molecule has 1 saturated heterocycles. The first-order valence-corrected chi connectivity index (χ1v) is 11.0. The molecule has 0 aliphatic carbocycles. The molecule has 3 aromatic rings. The number of benzene rings is 3. The van der Waals surface area contributed by atoms with Crippen LogP contribution in [0.25, 0.3) is 10.8 Å². The lowest BCUT2D eigenvalue weighted by atomic mass is 9.90. The molecule has 1 fully saturated rings. The van der Waals surface area contributed by atoms with Crippen LogP contribution in [0.1, 0.15) is 24.5 Å². The first-order chi connectivity index (χ1) is 15.9. The fourth-order valence-corrected chi connectivity index (χ4v) is 4.71. The van der Waals surface area contributed by atoms with Crippen LogP contribution in [0.4, 0.5) is 10.5 Å². The maximum Gasteiger partial charge on any atom is 0.325 e. The van der Waals surface area contributed by atoms with Crippen LogP contribution in [0.15, 0.2) is 60.7 Å². The lowest BCUT2D eigenvalue weighted by Crippen LogP contribution is -2.46. The van der Waals surface area contributed by atoms with Crippen LogP contribution in [0.5, 0.6) is 5.75 Å². The Kier molecular flexibility index (Phi) is 5.04. The monoisotopic (exact) mass is 443 g/mol. The van der Waals surface area contributed by atoms with Gasteiger partial charge in [0.25, 0.3) is 5.91 Å². The van der Waals surface area contributed by atoms with Crippen LogP contribution in [0.3, 0.4) is 0 Å². The number of carbonyl (C=O) groups excluding carboxylic acids is 3. The second-order valence-electron chi connectivity index (χ2n) is 8.65. The lowest BCUT2D eigenvalue weighted by molar-refractivity contribution is -0.134. The molecular weight excluding hydrogens is 418 g/mol. The van der Waals surface area contributed by atoms with Crippen molar-refractivity contribution >= 4 is 34.3 Å². The molecule has 4 amide bonds. The van der Waals surface area contributed by atoms with E-state index in [0.717, 1.165) is 45.5 Å². The van der Waals surface area contributed by atoms with Crippen molar-refractivity contribution in [2.75, 3.05) is 25.1 Å². The third-order valence-electron chi connectivity index (χ3n) is 6.60. The zero-order chi connectivity index (χ0) is 23.2. The van der Waals surface area contributed by atoms with Gasteiger partial charge >= 0.3 is 6.03 Å². The third-order valence-corrected chi connectivity index (χ3v) is 6.60. The number of nitrogens with one attached hydrogen (secondary N) is 1. The van der Waals surface area contributed by atoms with Gasteiger partial charge < -0.3 is 15.0 Å². The van der Waals surface area contributed by atoms with Crippen LogP contribution in [0, 0.1) is 0 Å². The number of anilines is 1. The molecule has 1 N–H and O–H groups in total. The molecule has 2 aliphatic heterocycles. The summed E-state index contributed by atoms with van der Waals surface area (Å²) in [5, 5.41) is 4.70. The maximum absolute atomic E-state index is 13.4. The molecule has 5 rings (SSSR count). The summed E-state index contributed by atoms with van der Waals surface area (Å²) < 4.78 is 5.27. The Morgan fingerprint density at radius 3 is 2.64 bits per heavy atom. The summed E-state index contributed by atoms with van der Waals surface area (Å²) in [5.41, 5.74) is 1.38. The number of aryl methyl sites for hydroxylation is 1. The minimum Gasteiger partial charge on any atom is -0.497 e. The second kappa shape index (κ2) is 7.92. The number of rotatable bonds is 4. The Morgan fingerprint density at radius 1 is 1.06 bits per heavy atom. The second-order valence-corrected chi connectivity index (χ2v) is 8.65. The number of imide groups is 1. The molecule has 33 heavy (non-hydrogen) atoms. The predicted octanol–water partition coefficient (Wildman–Crippen LogP) is 3.59. The first kappa shape index (κ1) is 21.0. The van der Waals surface area contributed by atoms with E-state index in [1.165, 1.54) is 0 Å². The number of methoxy groups -OCH3 is 1. The minimum atomic E-state index is -1.24. The van der Waals surface area contributed by atoms with Crippen molar-refractivity contribution in [1.82, 2.24) is 10.2 Å². The topological polar surface area (TPSA) is 79.0 Å². The van der Waals surface area contributed by atoms with Crippen molar-refractivity contribution in [3.05, 3.63) is 71.8 Å². The predicted molar refractivity (Wildman–Crippen MR) is 125 cm³/mol. The molecule has 0 saturated carbocycles. The van der Waals surface area contributed by atoms with Gasteiger partial charge in [0, 0.05) is 12.2 Å². The Labute approximate surface area is 191 Å². The van der Waals surface area contributed by atoms with E-state index in [4.69, 9.17) is 4.74 Å². The van der Waals surface area contributed by atoms with E-state index in [0.29, 0.717) is 12.1 Å². The van der Waals surface area contributed by atoms with Crippen molar-refractivity contribution < 1.29 is 19.1 Å². The molecule has 7 heteroatoms. The van der Waals surface area contributed by atoms with Gasteiger partial charge in [0.1, 0.15) is 17.8 Å². The summed E-state index contributed by atoms with van der Waals surface area (Å²) in [4.78, 5) is 42.0. The van der Waals surface area contributed by atoms with Gasteiger partial charge in [-0.3, -0.25) is 14.5 Å². The summed E-state index contributed by atoms with van der Waals surface area (Å²) in [5.74, 6) is 0.0511. The van der Waals surface area contributed by atoms with E-state index < -0.39 is 17.5 Å². The number of amides is 4. The highest BCUT2D eigenvalue weighted by molar-refractivity contribution is 6.11. The van der Waals surface area contributed by atoms with E-state index >= 15 is 0 Å². The molecule has 0 unspecified atom stereocenters. The van der Waals surface area contributed by atoms with E-state index in [1.807, 2.05) is 60.7 Å². The van der Waals surface area contributed by atoms with Gasteiger partial charge in [0.15, 0.2) is 0 Å². The fourth-order valence-electron chi connectivity index (χ4n) is 4.71. The number of hydrogen-bond donors (Lipinski definition) is 1. The molecule has 3 aromatic carbocycles. The van der Waals surface area contributed by atoms with Gasteiger partial charge in [-0.25, -0.2) is 4.79 Å². The number of para-hydroxylation sites is 1. The summed E-state index contributed by atoms with van der Waals surface area (Å²) in [7, 11) is 1.61. The highest BCUT2D eigenvalue weighted by Gasteiger charge is 2.50. The number of hydrogen-bond acceptors (Lipinski definition) is 4. The van der Waals surface area contributed by atoms with E-state index in [2.05, 4.69) is 5.32 Å². The zero-order valence-corrected chi connectivity index (χ0v) is 18.6. The summed E-state index contributed by atoms with van der Waals surface area (Å²) >= 11 is 0. The molecule has 168 valence electrons. The Hall–Kier alpha value is -3.87.